The van der Waals surface area contributed by atoms with Gasteiger partial charge in [0.1, 0.15) is 16.9 Å². The summed E-state index contributed by atoms with van der Waals surface area (Å²) >= 11 is 6.12. The molecule has 0 radical (unpaired) electrons. The largest absolute Gasteiger partial charge is 0.471 e. The van der Waals surface area contributed by atoms with Gasteiger partial charge in [-0.25, -0.2) is 4.98 Å². The van der Waals surface area contributed by atoms with E-state index in [1.54, 1.807) is 13.0 Å². The molecule has 1 aliphatic heterocycles. The van der Waals surface area contributed by atoms with Gasteiger partial charge in [0.2, 0.25) is 5.88 Å². The monoisotopic (exact) mass is 323 g/mol. The Labute approximate surface area is 131 Å². The summed E-state index contributed by atoms with van der Waals surface area (Å²) < 4.78 is 15.7. The number of amides is 1. The maximum absolute atomic E-state index is 12.1. The lowest BCUT2D eigenvalue weighted by Gasteiger charge is -2.12. The van der Waals surface area contributed by atoms with Crippen molar-refractivity contribution < 1.29 is 18.8 Å². The van der Waals surface area contributed by atoms with Crippen molar-refractivity contribution in [2.75, 3.05) is 18.5 Å². The summed E-state index contributed by atoms with van der Waals surface area (Å²) in [6.07, 6.45) is 2.15. The van der Waals surface area contributed by atoms with Gasteiger partial charge in [-0.3, -0.25) is 4.79 Å². The summed E-state index contributed by atoms with van der Waals surface area (Å²) in [6, 6.07) is 3.12. The molecule has 7 nitrogen and oxygen atoms in total. The van der Waals surface area contributed by atoms with Crippen molar-refractivity contribution >= 4 is 23.3 Å². The number of pyridine rings is 1. The third-order valence-corrected chi connectivity index (χ3v) is 3.38. The Morgan fingerprint density at radius 1 is 1.50 bits per heavy atom. The second kappa shape index (κ2) is 6.33. The van der Waals surface area contributed by atoms with Crippen LogP contribution in [0.3, 0.4) is 0 Å². The highest BCUT2D eigenvalue weighted by Gasteiger charge is 2.20. The van der Waals surface area contributed by atoms with Crippen molar-refractivity contribution in [3.05, 3.63) is 34.7 Å². The molecule has 1 aliphatic rings. The summed E-state index contributed by atoms with van der Waals surface area (Å²) in [5.41, 5.74) is 0.306. The molecule has 1 amide bonds. The summed E-state index contributed by atoms with van der Waals surface area (Å²) in [7, 11) is 0. The minimum Gasteiger partial charge on any atom is -0.471 e. The molecule has 2 aromatic heterocycles. The molecule has 0 aromatic carbocycles. The van der Waals surface area contributed by atoms with Crippen LogP contribution >= 0.6 is 11.6 Å². The van der Waals surface area contributed by atoms with E-state index in [4.69, 9.17) is 25.6 Å². The van der Waals surface area contributed by atoms with Gasteiger partial charge in [-0.2, -0.15) is 0 Å². The zero-order valence-corrected chi connectivity index (χ0v) is 12.6. The Morgan fingerprint density at radius 2 is 2.36 bits per heavy atom. The van der Waals surface area contributed by atoms with Gasteiger partial charge in [-0.15, -0.1) is 0 Å². The Hall–Kier alpha value is -2.12. The second-order valence-corrected chi connectivity index (χ2v) is 5.30. The minimum atomic E-state index is -0.376. The molecule has 2 aromatic rings. The van der Waals surface area contributed by atoms with Crippen LogP contribution in [0.15, 0.2) is 22.9 Å². The Balaban J connectivity index is 1.69. The van der Waals surface area contributed by atoms with Crippen molar-refractivity contribution in [2.24, 2.45) is 0 Å². The quantitative estimate of drug-likeness (QED) is 0.930. The molecular formula is C14H14ClN3O4. The van der Waals surface area contributed by atoms with Crippen LogP contribution in [0, 0.1) is 6.92 Å². The molecular weight excluding hydrogens is 310 g/mol. The van der Waals surface area contributed by atoms with E-state index in [1.807, 2.05) is 0 Å². The number of carbonyl (C=O) groups excluding carboxylic acids is 1. The lowest BCUT2D eigenvalue weighted by Crippen LogP contribution is -2.17. The maximum Gasteiger partial charge on any atom is 0.258 e. The fourth-order valence-corrected chi connectivity index (χ4v) is 2.22. The van der Waals surface area contributed by atoms with Gasteiger partial charge in [-0.1, -0.05) is 16.8 Å². The number of hydrogen-bond acceptors (Lipinski definition) is 6. The first-order chi connectivity index (χ1) is 10.6. The number of ether oxygens (including phenoxy) is 2. The highest BCUT2D eigenvalue weighted by atomic mass is 35.5. The minimum absolute atomic E-state index is 0.0530. The molecule has 8 heteroatoms. The molecule has 1 fully saturated rings. The van der Waals surface area contributed by atoms with E-state index in [1.165, 1.54) is 12.3 Å². The first-order valence-electron chi connectivity index (χ1n) is 6.76. The molecule has 3 rings (SSSR count). The Morgan fingerprint density at radius 3 is 3.00 bits per heavy atom. The smallest absolute Gasteiger partial charge is 0.258 e. The number of nitrogens with zero attached hydrogens (tertiary/aromatic N) is 2. The van der Waals surface area contributed by atoms with Gasteiger partial charge >= 0.3 is 0 Å². The zero-order valence-electron chi connectivity index (χ0n) is 11.8. The third kappa shape index (κ3) is 3.37. The lowest BCUT2D eigenvalue weighted by atomic mass is 10.2. The Bertz CT molecular complexity index is 682. The molecule has 1 atom stereocenters. The molecule has 0 spiro atoms. The van der Waals surface area contributed by atoms with E-state index < -0.39 is 0 Å². The summed E-state index contributed by atoms with van der Waals surface area (Å²) in [5.74, 6) is 0.862. The SMILES string of the molecule is Cc1cc(NC(=O)c2cnc(OC3CCOC3)c(Cl)c2)no1. The summed E-state index contributed by atoms with van der Waals surface area (Å²) in [4.78, 5) is 16.2. The summed E-state index contributed by atoms with van der Waals surface area (Å²) in [6.45, 7) is 2.92. The van der Waals surface area contributed by atoms with E-state index in [2.05, 4.69) is 15.5 Å². The van der Waals surface area contributed by atoms with Gasteiger partial charge in [0, 0.05) is 18.7 Å². The second-order valence-electron chi connectivity index (χ2n) is 4.89. The lowest BCUT2D eigenvalue weighted by molar-refractivity contribution is 0.102. The molecule has 0 aliphatic carbocycles. The van der Waals surface area contributed by atoms with Crippen LogP contribution in [0.4, 0.5) is 5.82 Å². The highest BCUT2D eigenvalue weighted by molar-refractivity contribution is 6.32. The number of aryl methyl sites for hydroxylation is 1. The predicted molar refractivity (Wildman–Crippen MR) is 78.3 cm³/mol. The van der Waals surface area contributed by atoms with E-state index in [0.29, 0.717) is 36.2 Å². The van der Waals surface area contributed by atoms with E-state index in [9.17, 15) is 4.79 Å². The average molecular weight is 324 g/mol. The first kappa shape index (κ1) is 14.8. The molecule has 0 bridgehead atoms. The summed E-state index contributed by atoms with van der Waals surface area (Å²) in [5, 5.41) is 6.56. The first-order valence-corrected chi connectivity index (χ1v) is 7.14. The van der Waals surface area contributed by atoms with Gasteiger partial charge in [0.25, 0.3) is 5.91 Å². The maximum atomic E-state index is 12.1. The Kier molecular flexibility index (Phi) is 4.26. The van der Waals surface area contributed by atoms with Crippen LogP contribution in [0.1, 0.15) is 22.5 Å². The van der Waals surface area contributed by atoms with Crippen molar-refractivity contribution in [1.29, 1.82) is 0 Å². The van der Waals surface area contributed by atoms with Crippen LogP contribution in [0.5, 0.6) is 5.88 Å². The molecule has 0 saturated carbocycles. The normalized spacial score (nSPS) is 17.5. The molecule has 22 heavy (non-hydrogen) atoms. The number of halogens is 1. The van der Waals surface area contributed by atoms with Gasteiger partial charge in [0.05, 0.1) is 18.8 Å². The molecule has 1 saturated heterocycles. The van der Waals surface area contributed by atoms with Crippen LogP contribution < -0.4 is 10.1 Å². The molecule has 3 heterocycles. The number of hydrogen-bond donors (Lipinski definition) is 1. The predicted octanol–water partition coefficient (Wildman–Crippen LogP) is 2.45. The fourth-order valence-electron chi connectivity index (χ4n) is 2.01. The van der Waals surface area contributed by atoms with E-state index >= 15 is 0 Å². The fraction of sp³-hybridized carbons (Fsp3) is 0.357. The molecule has 116 valence electrons. The van der Waals surface area contributed by atoms with E-state index in [-0.39, 0.29) is 17.0 Å². The van der Waals surface area contributed by atoms with Gasteiger partial charge < -0.3 is 19.3 Å². The van der Waals surface area contributed by atoms with Crippen molar-refractivity contribution in [3.8, 4) is 5.88 Å². The number of rotatable bonds is 4. The van der Waals surface area contributed by atoms with Crippen molar-refractivity contribution in [1.82, 2.24) is 10.1 Å². The van der Waals surface area contributed by atoms with Crippen molar-refractivity contribution in [2.45, 2.75) is 19.4 Å². The third-order valence-electron chi connectivity index (χ3n) is 3.11. The highest BCUT2D eigenvalue weighted by Crippen LogP contribution is 2.25. The molecule has 1 unspecified atom stereocenters. The number of nitrogens with one attached hydrogen (secondary N) is 1. The zero-order chi connectivity index (χ0) is 15.5. The topological polar surface area (TPSA) is 86.5 Å². The van der Waals surface area contributed by atoms with Crippen LogP contribution in [0.2, 0.25) is 5.02 Å². The average Bonchev–Trinajstić information content (AvgIpc) is 3.13. The van der Waals surface area contributed by atoms with Gasteiger partial charge in [0.15, 0.2) is 5.82 Å². The van der Waals surface area contributed by atoms with E-state index in [0.717, 1.165) is 6.42 Å². The standard InChI is InChI=1S/C14H14ClN3O4/c1-8-4-12(18-22-8)17-13(19)9-5-11(15)14(16-6-9)21-10-2-3-20-7-10/h4-6,10H,2-3,7H2,1H3,(H,17,18,19). The number of carbonyl (C=O) groups is 1. The van der Waals surface area contributed by atoms with Crippen LogP contribution in [-0.2, 0) is 4.74 Å². The molecule has 1 N–H and O–H groups in total. The number of anilines is 1. The van der Waals surface area contributed by atoms with Crippen LogP contribution in [0.25, 0.3) is 0 Å². The van der Waals surface area contributed by atoms with Crippen LogP contribution in [-0.4, -0.2) is 35.4 Å². The van der Waals surface area contributed by atoms with Gasteiger partial charge in [-0.05, 0) is 13.0 Å². The number of aromatic nitrogens is 2. The van der Waals surface area contributed by atoms with Crippen molar-refractivity contribution in [3.63, 3.8) is 0 Å².